The molecule has 0 fully saturated rings. The van der Waals surface area contributed by atoms with Gasteiger partial charge in [-0.25, -0.2) is 9.98 Å². The minimum Gasteiger partial charge on any atom is -0.398 e. The second-order valence-corrected chi connectivity index (χ2v) is 3.26. The third-order valence-electron chi connectivity index (χ3n) is 2.05. The highest BCUT2D eigenvalue weighted by atomic mass is 32.1. The molecule has 2 rings (SSSR count). The lowest BCUT2D eigenvalue weighted by molar-refractivity contribution is 1.13. The molecule has 1 aromatic carbocycles. The van der Waals surface area contributed by atoms with Crippen LogP contribution in [-0.4, -0.2) is 5.11 Å². The SMILES string of the molecule is CCc1cc2c(cc1N)=NC(=S)N=2. The Morgan fingerprint density at radius 1 is 1.31 bits per heavy atom. The van der Waals surface area contributed by atoms with E-state index in [1.165, 1.54) is 0 Å². The van der Waals surface area contributed by atoms with Gasteiger partial charge in [-0.2, -0.15) is 0 Å². The van der Waals surface area contributed by atoms with E-state index in [9.17, 15) is 0 Å². The van der Waals surface area contributed by atoms with Crippen LogP contribution in [0.4, 0.5) is 5.69 Å². The number of hydrogen-bond donors (Lipinski definition) is 1. The second kappa shape index (κ2) is 2.88. The molecule has 0 spiro atoms. The molecule has 0 unspecified atom stereocenters. The highest BCUT2D eigenvalue weighted by molar-refractivity contribution is 7.80. The fourth-order valence-corrected chi connectivity index (χ4v) is 1.55. The van der Waals surface area contributed by atoms with Crippen LogP contribution >= 0.6 is 12.2 Å². The minimum absolute atomic E-state index is 0.391. The van der Waals surface area contributed by atoms with E-state index < -0.39 is 0 Å². The number of rotatable bonds is 1. The summed E-state index contributed by atoms with van der Waals surface area (Å²) in [4.78, 5) is 8.18. The van der Waals surface area contributed by atoms with Crippen molar-refractivity contribution in [2.75, 3.05) is 5.73 Å². The summed E-state index contributed by atoms with van der Waals surface area (Å²) in [5.74, 6) is 0. The summed E-state index contributed by atoms with van der Waals surface area (Å²) in [6.45, 7) is 2.06. The van der Waals surface area contributed by atoms with Gasteiger partial charge >= 0.3 is 0 Å². The van der Waals surface area contributed by atoms with E-state index in [0.29, 0.717) is 5.11 Å². The molecule has 3 nitrogen and oxygen atoms in total. The van der Waals surface area contributed by atoms with E-state index in [2.05, 4.69) is 16.9 Å². The third kappa shape index (κ3) is 1.33. The number of thiocarbonyl (C=S) groups is 1. The first-order valence-corrected chi connectivity index (χ1v) is 4.51. The molecule has 0 bridgehead atoms. The molecule has 0 aliphatic carbocycles. The lowest BCUT2D eigenvalue weighted by Crippen LogP contribution is -2.23. The minimum atomic E-state index is 0.391. The Hall–Kier alpha value is -1.29. The van der Waals surface area contributed by atoms with Gasteiger partial charge in [0.2, 0.25) is 5.11 Å². The van der Waals surface area contributed by atoms with E-state index in [1.54, 1.807) is 0 Å². The number of benzene rings is 1. The van der Waals surface area contributed by atoms with Crippen LogP contribution in [-0.2, 0) is 6.42 Å². The molecule has 0 aromatic heterocycles. The van der Waals surface area contributed by atoms with Crippen molar-refractivity contribution >= 4 is 23.0 Å². The molecular formula is C9H9N3S. The van der Waals surface area contributed by atoms with Crippen LogP contribution < -0.4 is 16.4 Å². The largest absolute Gasteiger partial charge is 0.398 e. The van der Waals surface area contributed by atoms with Crippen molar-refractivity contribution in [1.29, 1.82) is 0 Å². The lowest BCUT2D eigenvalue weighted by Gasteiger charge is -1.99. The predicted molar refractivity (Wildman–Crippen MR) is 55.1 cm³/mol. The fourth-order valence-electron chi connectivity index (χ4n) is 1.35. The maximum Gasteiger partial charge on any atom is 0.220 e. The Morgan fingerprint density at radius 3 is 2.54 bits per heavy atom. The molecule has 1 heterocycles. The Kier molecular flexibility index (Phi) is 1.84. The average Bonchev–Trinajstić information content (AvgIpc) is 2.42. The maximum absolute atomic E-state index is 5.80. The molecule has 0 amide bonds. The van der Waals surface area contributed by atoms with Crippen LogP contribution in [0.2, 0.25) is 0 Å². The number of hydrogen-bond acceptors (Lipinski definition) is 2. The van der Waals surface area contributed by atoms with E-state index in [1.807, 2.05) is 12.1 Å². The van der Waals surface area contributed by atoms with Gasteiger partial charge in [-0.1, -0.05) is 6.92 Å². The number of nitrogen functional groups attached to an aromatic ring is 1. The van der Waals surface area contributed by atoms with Crippen LogP contribution in [0.25, 0.3) is 0 Å². The normalized spacial score (nSPS) is 13.5. The Labute approximate surface area is 81.0 Å². The van der Waals surface area contributed by atoms with Crippen LogP contribution in [0.15, 0.2) is 22.1 Å². The second-order valence-electron chi connectivity index (χ2n) is 2.90. The monoisotopic (exact) mass is 191 g/mol. The standard InChI is InChI=1S/C9H9N3S/c1-2-5-3-7-8(4-6(5)10)12-9(13)11-7/h3-4H,2,10H2,1H3. The van der Waals surface area contributed by atoms with Crippen molar-refractivity contribution in [3.05, 3.63) is 28.4 Å². The number of fused-ring (bicyclic) bond motifs is 1. The quantitative estimate of drug-likeness (QED) is 0.515. The lowest BCUT2D eigenvalue weighted by atomic mass is 10.1. The third-order valence-corrected chi connectivity index (χ3v) is 2.23. The molecular weight excluding hydrogens is 182 g/mol. The molecule has 0 saturated heterocycles. The van der Waals surface area contributed by atoms with Gasteiger partial charge in [-0.15, -0.1) is 0 Å². The summed E-state index contributed by atoms with van der Waals surface area (Å²) in [7, 11) is 0. The molecule has 0 saturated carbocycles. The summed E-state index contributed by atoms with van der Waals surface area (Å²) in [5, 5.41) is 2.03. The van der Waals surface area contributed by atoms with Crippen LogP contribution in [0.1, 0.15) is 12.5 Å². The maximum atomic E-state index is 5.80. The van der Waals surface area contributed by atoms with E-state index in [-0.39, 0.29) is 0 Å². The first-order valence-electron chi connectivity index (χ1n) is 4.10. The number of nitrogens with zero attached hydrogens (tertiary/aromatic N) is 2. The molecule has 1 aliphatic rings. The van der Waals surface area contributed by atoms with E-state index >= 15 is 0 Å². The molecule has 66 valence electrons. The zero-order valence-electron chi connectivity index (χ0n) is 7.24. The Balaban J connectivity index is 2.78. The average molecular weight is 191 g/mol. The first-order chi connectivity index (χ1) is 6.20. The van der Waals surface area contributed by atoms with Gasteiger partial charge < -0.3 is 5.73 Å². The van der Waals surface area contributed by atoms with Gasteiger partial charge in [-0.3, -0.25) is 0 Å². The molecule has 13 heavy (non-hydrogen) atoms. The molecule has 2 N–H and O–H groups in total. The van der Waals surface area contributed by atoms with Crippen LogP contribution in [0.5, 0.6) is 0 Å². The van der Waals surface area contributed by atoms with Crippen molar-refractivity contribution < 1.29 is 0 Å². The molecule has 1 aliphatic heterocycles. The summed E-state index contributed by atoms with van der Waals surface area (Å²) < 4.78 is 0. The van der Waals surface area contributed by atoms with Gasteiger partial charge in [0.1, 0.15) is 0 Å². The van der Waals surface area contributed by atoms with Crippen LogP contribution in [0, 0.1) is 0 Å². The van der Waals surface area contributed by atoms with Crippen LogP contribution in [0.3, 0.4) is 0 Å². The van der Waals surface area contributed by atoms with Gasteiger partial charge in [0.25, 0.3) is 0 Å². The zero-order valence-corrected chi connectivity index (χ0v) is 8.06. The molecule has 0 atom stereocenters. The molecule has 0 radical (unpaired) electrons. The first kappa shape index (κ1) is 8.31. The highest BCUT2D eigenvalue weighted by Crippen LogP contribution is 2.06. The van der Waals surface area contributed by atoms with E-state index in [4.69, 9.17) is 18.0 Å². The van der Waals surface area contributed by atoms with Gasteiger partial charge in [0.05, 0.1) is 10.7 Å². The number of nitrogens with two attached hydrogens (primary N) is 1. The highest BCUT2D eigenvalue weighted by Gasteiger charge is 2.04. The topological polar surface area (TPSA) is 50.7 Å². The summed E-state index contributed by atoms with van der Waals surface area (Å²) in [5.41, 5.74) is 7.67. The van der Waals surface area contributed by atoms with Gasteiger partial charge in [0, 0.05) is 5.69 Å². The summed E-state index contributed by atoms with van der Waals surface area (Å²) >= 11 is 4.87. The zero-order chi connectivity index (χ0) is 9.42. The van der Waals surface area contributed by atoms with Gasteiger partial charge in [0.15, 0.2) is 0 Å². The number of aryl methyl sites for hydroxylation is 1. The Morgan fingerprint density at radius 2 is 1.92 bits per heavy atom. The number of anilines is 1. The predicted octanol–water partition coefficient (Wildman–Crippen LogP) is 0.369. The molecule has 1 aromatic rings. The van der Waals surface area contributed by atoms with Gasteiger partial charge in [-0.05, 0) is 36.3 Å². The smallest absolute Gasteiger partial charge is 0.220 e. The van der Waals surface area contributed by atoms with Crippen molar-refractivity contribution in [3.63, 3.8) is 0 Å². The van der Waals surface area contributed by atoms with Crippen molar-refractivity contribution in [3.8, 4) is 0 Å². The summed E-state index contributed by atoms with van der Waals surface area (Å²) in [6.07, 6.45) is 0.904. The van der Waals surface area contributed by atoms with Crippen molar-refractivity contribution in [2.24, 2.45) is 9.98 Å². The van der Waals surface area contributed by atoms with Crippen molar-refractivity contribution in [2.45, 2.75) is 13.3 Å². The Bertz CT molecular complexity index is 490. The van der Waals surface area contributed by atoms with E-state index in [0.717, 1.165) is 28.4 Å². The summed E-state index contributed by atoms with van der Waals surface area (Å²) in [6, 6.07) is 3.78. The fraction of sp³-hybridized carbons (Fsp3) is 0.222. The van der Waals surface area contributed by atoms with Crippen molar-refractivity contribution in [1.82, 2.24) is 0 Å². The molecule has 4 heteroatoms.